The zero-order valence-corrected chi connectivity index (χ0v) is 63.2. The Kier molecular flexibility index (Phi) is 63.3. The monoisotopic (exact) mass is 1400 g/mol. The largest absolute Gasteiger partial charge is 0.394 e. The Hall–Kier alpha value is -3.61. The first kappa shape index (κ1) is 92.5. The third kappa shape index (κ3) is 50.7. The van der Waals surface area contributed by atoms with Crippen LogP contribution in [0.4, 0.5) is 0 Å². The van der Waals surface area contributed by atoms with Crippen LogP contribution in [0.3, 0.4) is 0 Å². The van der Waals surface area contributed by atoms with Crippen molar-refractivity contribution in [3.8, 4) is 0 Å². The molecule has 14 heteroatoms. The third-order valence-electron chi connectivity index (χ3n) is 19.1. The summed E-state index contributed by atoms with van der Waals surface area (Å²) < 4.78 is 22.9. The van der Waals surface area contributed by atoms with E-state index >= 15 is 0 Å². The second-order valence-electron chi connectivity index (χ2n) is 28.1. The number of rotatable bonds is 67. The second kappa shape index (κ2) is 68.5. The summed E-state index contributed by atoms with van der Waals surface area (Å²) in [5, 5.41) is 87.7. The fourth-order valence-corrected chi connectivity index (χ4v) is 12.7. The summed E-state index contributed by atoms with van der Waals surface area (Å²) in [6.45, 7) is 2.69. The van der Waals surface area contributed by atoms with Gasteiger partial charge in [-0.15, -0.1) is 0 Å². The molecule has 0 saturated carbocycles. The summed E-state index contributed by atoms with van der Waals surface area (Å²) >= 11 is 0. The highest BCUT2D eigenvalue weighted by atomic mass is 16.7. The molecule has 0 aromatic heterocycles. The molecule has 14 nitrogen and oxygen atoms in total. The predicted molar refractivity (Wildman–Crippen MR) is 415 cm³/mol. The Morgan fingerprint density at radius 3 is 1.10 bits per heavy atom. The van der Waals surface area contributed by atoms with Crippen molar-refractivity contribution in [1.82, 2.24) is 5.32 Å². The SMILES string of the molecule is CC/C=C\C/C=C\C/C=C\C/C=C\C/C=C\C/C=C\C/C=C\CCCCCCCCCCCCCCCCCCCC(=O)NC(COC1OC(CO)C(OC2OC(CO)C(O)C(O)C2O)C(O)C1O)C(O)/C=C/CC/C=C/CC/C=C/CCCCCCCCCCCCCCCCCCC. The van der Waals surface area contributed by atoms with Crippen LogP contribution in [-0.4, -0.2) is 140 Å². The molecule has 0 spiro atoms. The van der Waals surface area contributed by atoms with Crippen LogP contribution in [0.5, 0.6) is 0 Å². The number of amides is 1. The maximum Gasteiger partial charge on any atom is 0.220 e. The molecule has 2 heterocycles. The molecule has 1 amide bonds. The Morgan fingerprint density at radius 1 is 0.370 bits per heavy atom. The van der Waals surface area contributed by atoms with E-state index in [9.17, 15) is 45.6 Å². The number of nitrogens with one attached hydrogen (secondary N) is 1. The van der Waals surface area contributed by atoms with Crippen LogP contribution < -0.4 is 5.32 Å². The van der Waals surface area contributed by atoms with Gasteiger partial charge in [0.2, 0.25) is 5.91 Å². The van der Waals surface area contributed by atoms with Gasteiger partial charge in [-0.2, -0.15) is 0 Å². The van der Waals surface area contributed by atoms with Crippen molar-refractivity contribution >= 4 is 5.91 Å². The molecular weight excluding hydrogens is 1250 g/mol. The Bertz CT molecular complexity index is 2150. The average molecular weight is 1410 g/mol. The lowest BCUT2D eigenvalue weighted by Crippen LogP contribution is -2.65. The normalized spacial score (nSPS) is 22.5. The molecule has 12 unspecified atom stereocenters. The van der Waals surface area contributed by atoms with Gasteiger partial charge in [0.25, 0.3) is 0 Å². The van der Waals surface area contributed by atoms with Crippen molar-refractivity contribution in [2.45, 2.75) is 396 Å². The first-order valence-electron chi connectivity index (χ1n) is 40.8. The van der Waals surface area contributed by atoms with Gasteiger partial charge >= 0.3 is 0 Å². The van der Waals surface area contributed by atoms with Gasteiger partial charge in [-0.25, -0.2) is 0 Å². The van der Waals surface area contributed by atoms with E-state index in [2.05, 4.69) is 129 Å². The van der Waals surface area contributed by atoms with E-state index in [1.807, 2.05) is 6.08 Å². The maximum absolute atomic E-state index is 13.4. The molecule has 0 radical (unpaired) electrons. The van der Waals surface area contributed by atoms with Gasteiger partial charge in [0, 0.05) is 6.42 Å². The Labute approximate surface area is 609 Å². The van der Waals surface area contributed by atoms with E-state index in [1.54, 1.807) is 6.08 Å². The van der Waals surface area contributed by atoms with Crippen LogP contribution in [-0.2, 0) is 23.7 Å². The highest BCUT2D eigenvalue weighted by molar-refractivity contribution is 5.76. The molecule has 2 aliphatic rings. The zero-order chi connectivity index (χ0) is 72.2. The zero-order valence-electron chi connectivity index (χ0n) is 63.2. The summed E-state index contributed by atoms with van der Waals surface area (Å²) in [4.78, 5) is 13.4. The number of aliphatic hydroxyl groups is 8. The molecule has 576 valence electrons. The third-order valence-corrected chi connectivity index (χ3v) is 19.1. The topological polar surface area (TPSA) is 228 Å². The first-order valence-corrected chi connectivity index (χ1v) is 40.8. The molecule has 2 fully saturated rings. The minimum Gasteiger partial charge on any atom is -0.394 e. The molecule has 2 aliphatic heterocycles. The van der Waals surface area contributed by atoms with Gasteiger partial charge in [0.05, 0.1) is 32.0 Å². The fraction of sp³-hybridized carbons (Fsp3) is 0.756. The van der Waals surface area contributed by atoms with Gasteiger partial charge in [-0.1, -0.05) is 334 Å². The predicted octanol–water partition coefficient (Wildman–Crippen LogP) is 18.8. The van der Waals surface area contributed by atoms with E-state index in [4.69, 9.17) is 18.9 Å². The van der Waals surface area contributed by atoms with Gasteiger partial charge in [-0.3, -0.25) is 4.79 Å². The number of aliphatic hydroxyl groups excluding tert-OH is 8. The highest BCUT2D eigenvalue weighted by Crippen LogP contribution is 2.30. The van der Waals surface area contributed by atoms with E-state index < -0.39 is 86.8 Å². The molecule has 0 bridgehead atoms. The molecule has 100 heavy (non-hydrogen) atoms. The van der Waals surface area contributed by atoms with Crippen LogP contribution in [0.15, 0.2) is 122 Å². The quantitative estimate of drug-likeness (QED) is 0.0204. The first-order chi connectivity index (χ1) is 49.1. The lowest BCUT2D eigenvalue weighted by Gasteiger charge is -2.46. The van der Waals surface area contributed by atoms with Crippen LogP contribution in [0.1, 0.15) is 322 Å². The lowest BCUT2D eigenvalue weighted by molar-refractivity contribution is -0.359. The molecule has 2 rings (SSSR count). The van der Waals surface area contributed by atoms with Gasteiger partial charge in [0.15, 0.2) is 12.6 Å². The van der Waals surface area contributed by atoms with Crippen molar-refractivity contribution in [2.24, 2.45) is 0 Å². The standard InChI is InChI=1S/C86H149NO13/c1-3-5-7-9-11-13-15-17-19-21-23-25-27-29-31-32-33-34-35-36-37-38-39-40-41-42-44-46-48-50-52-54-56-58-60-62-64-66-68-70-78(91)87-74(73-97-85-83(96)81(94)84(77(72-89)99-85)100-86-82(95)80(93)79(92)76(71-88)98-86)75(90)69-67-65-63-61-59-57-55-53-51-49-47-45-43-30-28-26-24-22-20-18-16-14-12-10-8-6-4-2/h5,7,11,13,17,19,23,25,29,31,33-34,36-37,51,53,59,61,67,69,74-77,79-86,88-90,92-96H,3-4,6,8-10,12,14-16,18,20-22,24,26-28,30,32,35,38-50,52,54-58,60,62-66,68,70-73H2,1-2H3,(H,87,91)/b7-5-,13-11-,19-17-,25-23-,31-29-,34-33-,37-36-,53-51+,61-59+,69-67+. The Morgan fingerprint density at radius 2 is 0.700 bits per heavy atom. The summed E-state index contributed by atoms with van der Waals surface area (Å²) in [6, 6.07) is -0.946. The summed E-state index contributed by atoms with van der Waals surface area (Å²) in [6.07, 6.45) is 84.2. The molecule has 0 aromatic rings. The minimum atomic E-state index is -1.80. The van der Waals surface area contributed by atoms with E-state index in [0.717, 1.165) is 89.9 Å². The average Bonchev–Trinajstić information content (AvgIpc) is 0.796. The fourth-order valence-electron chi connectivity index (χ4n) is 12.7. The number of ether oxygens (including phenoxy) is 4. The number of hydrogen-bond acceptors (Lipinski definition) is 13. The number of hydrogen-bond donors (Lipinski definition) is 9. The smallest absolute Gasteiger partial charge is 0.220 e. The number of carbonyl (C=O) groups is 1. The van der Waals surface area contributed by atoms with E-state index in [1.165, 1.54) is 199 Å². The summed E-state index contributed by atoms with van der Waals surface area (Å²) in [7, 11) is 0. The molecule has 0 aromatic carbocycles. The number of allylic oxidation sites excluding steroid dienone is 19. The molecular formula is C86H149NO13. The maximum atomic E-state index is 13.4. The molecule has 9 N–H and O–H groups in total. The lowest BCUT2D eigenvalue weighted by atomic mass is 9.97. The molecule has 0 aliphatic carbocycles. The van der Waals surface area contributed by atoms with E-state index in [-0.39, 0.29) is 18.9 Å². The second-order valence-corrected chi connectivity index (χ2v) is 28.1. The van der Waals surface area contributed by atoms with Gasteiger partial charge < -0.3 is 65.1 Å². The van der Waals surface area contributed by atoms with Gasteiger partial charge in [0.1, 0.15) is 48.8 Å². The number of unbranched alkanes of at least 4 members (excludes halogenated alkanes) is 36. The van der Waals surface area contributed by atoms with Crippen molar-refractivity contribution in [3.05, 3.63) is 122 Å². The van der Waals surface area contributed by atoms with Crippen molar-refractivity contribution in [3.63, 3.8) is 0 Å². The molecule has 12 atom stereocenters. The Balaban J connectivity index is 1.62. The van der Waals surface area contributed by atoms with Crippen molar-refractivity contribution in [2.75, 3.05) is 19.8 Å². The van der Waals surface area contributed by atoms with Crippen LogP contribution in [0, 0.1) is 0 Å². The van der Waals surface area contributed by atoms with Crippen LogP contribution in [0.2, 0.25) is 0 Å². The highest BCUT2D eigenvalue weighted by Gasteiger charge is 2.51. The minimum absolute atomic E-state index is 0.253. The summed E-state index contributed by atoms with van der Waals surface area (Å²) in [5.74, 6) is -0.253. The van der Waals surface area contributed by atoms with Crippen molar-refractivity contribution < 1.29 is 64.6 Å². The number of carbonyl (C=O) groups excluding carboxylic acids is 1. The molecule has 2 saturated heterocycles. The van der Waals surface area contributed by atoms with Crippen molar-refractivity contribution in [1.29, 1.82) is 0 Å². The van der Waals surface area contributed by atoms with E-state index in [0.29, 0.717) is 12.8 Å². The summed E-state index contributed by atoms with van der Waals surface area (Å²) in [5.41, 5.74) is 0. The van der Waals surface area contributed by atoms with Crippen LogP contribution in [0.25, 0.3) is 0 Å². The van der Waals surface area contributed by atoms with Gasteiger partial charge in [-0.05, 0) is 103 Å². The van der Waals surface area contributed by atoms with Crippen LogP contribution >= 0.6 is 0 Å².